The van der Waals surface area contributed by atoms with Gasteiger partial charge < -0.3 is 30.7 Å². The number of rotatable bonds is 11. The molecule has 2 saturated heterocycles. The van der Waals surface area contributed by atoms with Crippen molar-refractivity contribution in [3.8, 4) is 22.5 Å². The Morgan fingerprint density at radius 1 is 0.672 bits per heavy atom. The number of carbonyl (C=O) groups is 4. The first kappa shape index (κ1) is 38.3. The van der Waals surface area contributed by atoms with Gasteiger partial charge in [0.25, 0.3) is 0 Å². The summed E-state index contributed by atoms with van der Waals surface area (Å²) in [6.45, 7) is 4.59. The molecule has 5 heterocycles. The molecule has 2 fully saturated rings. The number of amides is 4. The van der Waals surface area contributed by atoms with Gasteiger partial charge in [0.1, 0.15) is 23.7 Å². The van der Waals surface area contributed by atoms with Crippen LogP contribution in [0.15, 0.2) is 114 Å². The standard InChI is InChI=1S/C45H47N9O4/c1-28(55)49-40(32-11-5-3-6-12-32)44(57)53-23-9-15-38(53)42-47-26-36(51-42)31-19-17-30(18-20-31)35-22-21-34(25-46-35)37-27-48-43(52-37)39-16-10-24-54(39)45(58)41(50-29(2)56)33-13-7-4-8-14-33/h3-8,11-14,17-22,25-26,37-41H,9-10,15-16,23-24,27H2,1-2H3,(H,47,51)(H,48,52)(H,49,55)(H,50,56)/t37?,38-,39-,40+,41+/m0/s1. The lowest BCUT2D eigenvalue weighted by atomic mass is 10.0. The van der Waals surface area contributed by atoms with Crippen LogP contribution in [0.2, 0.25) is 0 Å². The summed E-state index contributed by atoms with van der Waals surface area (Å²) in [5.41, 5.74) is 6.12. The second-order valence-corrected chi connectivity index (χ2v) is 15.1. The van der Waals surface area contributed by atoms with Crippen LogP contribution in [0.5, 0.6) is 0 Å². The van der Waals surface area contributed by atoms with Crippen molar-refractivity contribution in [1.29, 1.82) is 0 Å². The maximum atomic E-state index is 13.8. The number of hydrogen-bond donors (Lipinski definition) is 4. The summed E-state index contributed by atoms with van der Waals surface area (Å²) in [5, 5.41) is 9.27. The van der Waals surface area contributed by atoms with E-state index in [0.717, 1.165) is 76.5 Å². The van der Waals surface area contributed by atoms with Crippen LogP contribution in [0.25, 0.3) is 22.5 Å². The van der Waals surface area contributed by atoms with Gasteiger partial charge in [0.05, 0.1) is 42.3 Å². The molecular weight excluding hydrogens is 731 g/mol. The van der Waals surface area contributed by atoms with Gasteiger partial charge in [-0.3, -0.25) is 29.2 Å². The van der Waals surface area contributed by atoms with Gasteiger partial charge in [0.2, 0.25) is 23.6 Å². The van der Waals surface area contributed by atoms with E-state index in [-0.39, 0.29) is 41.8 Å². The highest BCUT2D eigenvalue weighted by Gasteiger charge is 2.39. The maximum Gasteiger partial charge on any atom is 0.250 e. The first-order chi connectivity index (χ1) is 28.2. The van der Waals surface area contributed by atoms with Crippen LogP contribution in [0.4, 0.5) is 0 Å². The van der Waals surface area contributed by atoms with Gasteiger partial charge in [-0.15, -0.1) is 0 Å². The van der Waals surface area contributed by atoms with Gasteiger partial charge >= 0.3 is 0 Å². The molecule has 0 spiro atoms. The molecule has 0 radical (unpaired) electrons. The number of nitrogens with one attached hydrogen (secondary N) is 4. The number of aliphatic imine (C=N–C) groups is 1. The molecule has 1 unspecified atom stereocenters. The van der Waals surface area contributed by atoms with E-state index in [2.05, 4.69) is 27.0 Å². The third kappa shape index (κ3) is 8.11. The molecule has 8 rings (SSSR count). The van der Waals surface area contributed by atoms with E-state index in [1.807, 2.05) is 107 Å². The lowest BCUT2D eigenvalue weighted by molar-refractivity contribution is -0.137. The lowest BCUT2D eigenvalue weighted by Gasteiger charge is -2.30. The van der Waals surface area contributed by atoms with E-state index in [4.69, 9.17) is 15.0 Å². The Hall–Kier alpha value is -6.63. The van der Waals surface area contributed by atoms with Gasteiger partial charge in [-0.25, -0.2) is 4.98 Å². The van der Waals surface area contributed by atoms with Crippen molar-refractivity contribution in [2.45, 2.75) is 69.7 Å². The van der Waals surface area contributed by atoms with Crippen molar-refractivity contribution >= 4 is 29.5 Å². The lowest BCUT2D eigenvalue weighted by Crippen LogP contribution is -2.49. The molecule has 296 valence electrons. The summed E-state index contributed by atoms with van der Waals surface area (Å²) in [4.78, 5) is 73.3. The van der Waals surface area contributed by atoms with Gasteiger partial charge in [0, 0.05) is 38.7 Å². The Bertz CT molecular complexity index is 2290. The fourth-order valence-corrected chi connectivity index (χ4v) is 8.34. The van der Waals surface area contributed by atoms with Crippen molar-refractivity contribution < 1.29 is 19.2 Å². The van der Waals surface area contributed by atoms with Crippen molar-refractivity contribution in [3.63, 3.8) is 0 Å². The summed E-state index contributed by atoms with van der Waals surface area (Å²) in [5.74, 6) is 0.716. The number of amidine groups is 1. The molecule has 4 N–H and O–H groups in total. The first-order valence-electron chi connectivity index (χ1n) is 19.9. The number of pyridine rings is 1. The van der Waals surface area contributed by atoms with E-state index in [9.17, 15) is 19.2 Å². The smallest absolute Gasteiger partial charge is 0.250 e. The minimum atomic E-state index is -0.763. The summed E-state index contributed by atoms with van der Waals surface area (Å²) >= 11 is 0. The molecule has 0 aliphatic carbocycles. The zero-order chi connectivity index (χ0) is 40.2. The van der Waals surface area contributed by atoms with Crippen molar-refractivity contribution in [2.75, 3.05) is 19.6 Å². The SMILES string of the molecule is CC(=O)N[C@@H](C(=O)N1CCC[C@H]1C1=NCC(c2ccc(-c3ccc(-c4cnc([C@@H]5CCCN5C(=O)[C@H](NC(C)=O)c5ccccc5)[nH]4)cc3)nc2)N1)c1ccccc1. The second kappa shape index (κ2) is 16.8. The van der Waals surface area contributed by atoms with Crippen molar-refractivity contribution in [2.24, 2.45) is 4.99 Å². The molecule has 2 aromatic heterocycles. The quantitative estimate of drug-likeness (QED) is 0.136. The molecular formula is C45H47N9O4. The fraction of sp³-hybridized carbons (Fsp3) is 0.311. The van der Waals surface area contributed by atoms with E-state index in [1.54, 1.807) is 6.20 Å². The number of aromatic nitrogens is 3. The molecule has 5 aromatic rings. The molecule has 3 aliphatic heterocycles. The Kier molecular flexibility index (Phi) is 11.1. The highest BCUT2D eigenvalue weighted by molar-refractivity contribution is 5.96. The maximum absolute atomic E-state index is 13.8. The van der Waals surface area contributed by atoms with E-state index in [1.165, 1.54) is 13.8 Å². The summed E-state index contributed by atoms with van der Waals surface area (Å²) in [7, 11) is 0. The molecule has 58 heavy (non-hydrogen) atoms. The predicted molar refractivity (Wildman–Crippen MR) is 220 cm³/mol. The zero-order valence-electron chi connectivity index (χ0n) is 32.6. The number of carbonyl (C=O) groups excluding carboxylic acids is 4. The third-order valence-electron chi connectivity index (χ3n) is 11.2. The number of likely N-dealkylation sites (tertiary alicyclic amines) is 2. The van der Waals surface area contributed by atoms with Crippen molar-refractivity contribution in [1.82, 2.24) is 40.7 Å². The molecule has 0 bridgehead atoms. The molecule has 13 heteroatoms. The number of hydrogen-bond acceptors (Lipinski definition) is 8. The Morgan fingerprint density at radius 3 is 1.81 bits per heavy atom. The number of H-pyrrole nitrogens is 1. The van der Waals surface area contributed by atoms with Crippen LogP contribution in [0.3, 0.4) is 0 Å². The Morgan fingerprint density at radius 2 is 1.24 bits per heavy atom. The summed E-state index contributed by atoms with van der Waals surface area (Å²) in [6, 6.07) is 28.9. The number of aromatic amines is 1. The minimum absolute atomic E-state index is 0.0629. The predicted octanol–water partition coefficient (Wildman–Crippen LogP) is 5.59. The van der Waals surface area contributed by atoms with Crippen LogP contribution in [-0.4, -0.2) is 79.9 Å². The third-order valence-corrected chi connectivity index (χ3v) is 11.2. The fourth-order valence-electron chi connectivity index (χ4n) is 8.34. The molecule has 3 aliphatic rings. The number of benzene rings is 3. The number of nitrogens with zero attached hydrogens (tertiary/aromatic N) is 5. The second-order valence-electron chi connectivity index (χ2n) is 15.1. The highest BCUT2D eigenvalue weighted by atomic mass is 16.2. The Labute approximate surface area is 337 Å². The van der Waals surface area contributed by atoms with E-state index in [0.29, 0.717) is 19.6 Å². The van der Waals surface area contributed by atoms with Crippen molar-refractivity contribution in [3.05, 3.63) is 132 Å². The van der Waals surface area contributed by atoms with Crippen LogP contribution >= 0.6 is 0 Å². The highest BCUT2D eigenvalue weighted by Crippen LogP contribution is 2.35. The van der Waals surface area contributed by atoms with Crippen LogP contribution in [0.1, 0.15) is 86.2 Å². The normalized spacial score (nSPS) is 19.9. The average Bonchev–Trinajstić information content (AvgIpc) is 4.09. The largest absolute Gasteiger partial charge is 0.363 e. The summed E-state index contributed by atoms with van der Waals surface area (Å²) in [6.07, 6.45) is 6.96. The van der Waals surface area contributed by atoms with Gasteiger partial charge in [-0.1, -0.05) is 91.0 Å². The molecule has 5 atom stereocenters. The topological polar surface area (TPSA) is 165 Å². The monoisotopic (exact) mass is 777 g/mol. The zero-order valence-corrected chi connectivity index (χ0v) is 32.6. The summed E-state index contributed by atoms with van der Waals surface area (Å²) < 4.78 is 0. The van der Waals surface area contributed by atoms with Crippen LogP contribution in [0, 0.1) is 0 Å². The van der Waals surface area contributed by atoms with Crippen LogP contribution in [-0.2, 0) is 19.2 Å². The molecule has 3 aromatic carbocycles. The van der Waals surface area contributed by atoms with Gasteiger partial charge in [0.15, 0.2) is 0 Å². The minimum Gasteiger partial charge on any atom is -0.363 e. The van der Waals surface area contributed by atoms with E-state index < -0.39 is 12.1 Å². The van der Waals surface area contributed by atoms with Gasteiger partial charge in [-0.05, 0) is 54.0 Å². The van der Waals surface area contributed by atoms with E-state index >= 15 is 0 Å². The van der Waals surface area contributed by atoms with Crippen LogP contribution < -0.4 is 16.0 Å². The number of imidazole rings is 1. The molecule has 4 amide bonds. The van der Waals surface area contributed by atoms with Gasteiger partial charge in [-0.2, -0.15) is 0 Å². The average molecular weight is 778 g/mol. The first-order valence-corrected chi connectivity index (χ1v) is 19.9. The molecule has 13 nitrogen and oxygen atoms in total. The Balaban J connectivity index is 0.898. The molecule has 0 saturated carbocycles.